The molecule has 0 saturated carbocycles. The van der Waals surface area contributed by atoms with Gasteiger partial charge in [-0.05, 0) is 25.1 Å². The van der Waals surface area contributed by atoms with E-state index in [-0.39, 0.29) is 12.6 Å². The zero-order valence-corrected chi connectivity index (χ0v) is 10.9. The number of furan rings is 1. The third-order valence-corrected chi connectivity index (χ3v) is 2.85. The van der Waals surface area contributed by atoms with Crippen LogP contribution in [0.4, 0.5) is 0 Å². The summed E-state index contributed by atoms with van der Waals surface area (Å²) in [7, 11) is 0. The highest BCUT2D eigenvalue weighted by Gasteiger charge is 2.09. The van der Waals surface area contributed by atoms with Crippen molar-refractivity contribution in [2.24, 2.45) is 0 Å². The van der Waals surface area contributed by atoms with Crippen molar-refractivity contribution in [3.63, 3.8) is 0 Å². The van der Waals surface area contributed by atoms with E-state index in [0.29, 0.717) is 6.54 Å². The Morgan fingerprint density at radius 3 is 2.89 bits per heavy atom. The molecular formula is C16H17NO2. The van der Waals surface area contributed by atoms with Crippen LogP contribution >= 0.6 is 0 Å². The van der Waals surface area contributed by atoms with Crippen LogP contribution in [0.1, 0.15) is 24.3 Å². The summed E-state index contributed by atoms with van der Waals surface area (Å²) in [5.74, 6) is 4.21. The van der Waals surface area contributed by atoms with Crippen LogP contribution in [-0.4, -0.2) is 6.61 Å². The van der Waals surface area contributed by atoms with Gasteiger partial charge in [0.1, 0.15) is 18.1 Å². The minimum atomic E-state index is 0.149. The number of rotatable bonds is 6. The maximum Gasteiger partial charge on any atom is 0.148 e. The van der Waals surface area contributed by atoms with E-state index in [1.54, 1.807) is 6.26 Å². The molecular weight excluding hydrogens is 238 g/mol. The van der Waals surface area contributed by atoms with Gasteiger partial charge in [-0.3, -0.25) is 0 Å². The Kier molecular flexibility index (Phi) is 4.66. The molecule has 3 heteroatoms. The summed E-state index contributed by atoms with van der Waals surface area (Å²) in [5.41, 5.74) is 1.08. The van der Waals surface area contributed by atoms with Crippen molar-refractivity contribution < 1.29 is 9.15 Å². The third-order valence-electron chi connectivity index (χ3n) is 2.85. The second-order valence-corrected chi connectivity index (χ2v) is 4.22. The van der Waals surface area contributed by atoms with Gasteiger partial charge in [-0.25, -0.2) is 0 Å². The first-order chi connectivity index (χ1) is 9.31. The number of benzene rings is 1. The maximum atomic E-state index is 5.51. The van der Waals surface area contributed by atoms with E-state index < -0.39 is 0 Å². The summed E-state index contributed by atoms with van der Waals surface area (Å²) in [4.78, 5) is 0. The third kappa shape index (κ3) is 3.64. The average molecular weight is 255 g/mol. The van der Waals surface area contributed by atoms with Gasteiger partial charge in [0.25, 0.3) is 0 Å². The lowest BCUT2D eigenvalue weighted by molar-refractivity contribution is 0.362. The molecule has 1 heterocycles. The Morgan fingerprint density at radius 1 is 1.32 bits per heavy atom. The molecule has 19 heavy (non-hydrogen) atoms. The molecule has 0 fully saturated rings. The van der Waals surface area contributed by atoms with Gasteiger partial charge in [0.2, 0.25) is 0 Å². The Bertz CT molecular complexity index is 540. The fourth-order valence-electron chi connectivity index (χ4n) is 1.81. The van der Waals surface area contributed by atoms with E-state index in [2.05, 4.69) is 18.2 Å². The molecule has 1 atom stereocenters. The smallest absolute Gasteiger partial charge is 0.148 e. The molecule has 98 valence electrons. The fourth-order valence-corrected chi connectivity index (χ4v) is 1.81. The van der Waals surface area contributed by atoms with Crippen molar-refractivity contribution in [1.29, 1.82) is 0 Å². The molecule has 1 aromatic heterocycles. The van der Waals surface area contributed by atoms with E-state index in [1.165, 1.54) is 0 Å². The summed E-state index contributed by atoms with van der Waals surface area (Å²) >= 11 is 0. The number of nitrogens with one attached hydrogen (secondary N) is 1. The molecule has 0 amide bonds. The highest BCUT2D eigenvalue weighted by Crippen LogP contribution is 2.19. The number of ether oxygens (including phenoxy) is 1. The summed E-state index contributed by atoms with van der Waals surface area (Å²) < 4.78 is 10.9. The molecule has 0 aliphatic rings. The summed E-state index contributed by atoms with van der Waals surface area (Å²) in [6.07, 6.45) is 6.89. The fraction of sp³-hybridized carbons (Fsp3) is 0.250. The average Bonchev–Trinajstić information content (AvgIpc) is 2.97. The van der Waals surface area contributed by atoms with Crippen molar-refractivity contribution in [3.05, 3.63) is 54.0 Å². The normalized spacial score (nSPS) is 11.8. The van der Waals surface area contributed by atoms with E-state index >= 15 is 0 Å². The van der Waals surface area contributed by atoms with Gasteiger partial charge in [0.15, 0.2) is 0 Å². The van der Waals surface area contributed by atoms with Crippen LogP contribution in [0.15, 0.2) is 47.1 Å². The first-order valence-corrected chi connectivity index (χ1v) is 6.22. The van der Waals surface area contributed by atoms with Crippen molar-refractivity contribution in [2.75, 3.05) is 6.61 Å². The summed E-state index contributed by atoms with van der Waals surface area (Å²) in [6.45, 7) is 3.04. The zero-order valence-electron chi connectivity index (χ0n) is 10.9. The van der Waals surface area contributed by atoms with Gasteiger partial charge < -0.3 is 14.5 Å². The lowest BCUT2D eigenvalue weighted by Crippen LogP contribution is -2.18. The summed E-state index contributed by atoms with van der Waals surface area (Å²) in [6, 6.07) is 11.9. The SMILES string of the molecule is C#CCOc1ccccc1CN[C@@H](C)c1ccco1. The predicted octanol–water partition coefficient (Wildman–Crippen LogP) is 3.14. The number of hydrogen-bond donors (Lipinski definition) is 1. The van der Waals surface area contributed by atoms with E-state index in [9.17, 15) is 0 Å². The second kappa shape index (κ2) is 6.67. The molecule has 0 radical (unpaired) electrons. The monoisotopic (exact) mass is 255 g/mol. The molecule has 0 aliphatic heterocycles. The quantitative estimate of drug-likeness (QED) is 0.805. The molecule has 0 bridgehead atoms. The zero-order chi connectivity index (χ0) is 13.5. The van der Waals surface area contributed by atoms with Crippen LogP contribution < -0.4 is 10.1 Å². The van der Waals surface area contributed by atoms with Crippen LogP contribution in [0, 0.1) is 12.3 Å². The Morgan fingerprint density at radius 2 is 2.16 bits per heavy atom. The van der Waals surface area contributed by atoms with E-state index in [4.69, 9.17) is 15.6 Å². The lowest BCUT2D eigenvalue weighted by Gasteiger charge is -2.14. The molecule has 0 unspecified atom stereocenters. The van der Waals surface area contributed by atoms with Gasteiger partial charge in [-0.2, -0.15) is 0 Å². The maximum absolute atomic E-state index is 5.51. The molecule has 2 aromatic rings. The molecule has 3 nitrogen and oxygen atoms in total. The minimum Gasteiger partial charge on any atom is -0.481 e. The van der Waals surface area contributed by atoms with Crippen LogP contribution in [0.2, 0.25) is 0 Å². The lowest BCUT2D eigenvalue weighted by atomic mass is 10.2. The minimum absolute atomic E-state index is 0.149. The number of terminal acetylenes is 1. The van der Waals surface area contributed by atoms with Crippen LogP contribution in [0.5, 0.6) is 5.75 Å². The van der Waals surface area contributed by atoms with Crippen LogP contribution in [0.25, 0.3) is 0 Å². The molecule has 1 aromatic carbocycles. The van der Waals surface area contributed by atoms with Gasteiger partial charge in [-0.15, -0.1) is 6.42 Å². The molecule has 0 saturated heterocycles. The van der Waals surface area contributed by atoms with Crippen LogP contribution in [-0.2, 0) is 6.54 Å². The van der Waals surface area contributed by atoms with Crippen molar-refractivity contribution in [3.8, 4) is 18.1 Å². The van der Waals surface area contributed by atoms with Crippen molar-refractivity contribution >= 4 is 0 Å². The Labute approximate surface area is 113 Å². The molecule has 0 spiro atoms. The topological polar surface area (TPSA) is 34.4 Å². The predicted molar refractivity (Wildman–Crippen MR) is 74.7 cm³/mol. The molecule has 1 N–H and O–H groups in total. The van der Waals surface area contributed by atoms with Gasteiger partial charge in [0, 0.05) is 12.1 Å². The van der Waals surface area contributed by atoms with Gasteiger partial charge >= 0.3 is 0 Å². The molecule has 0 aliphatic carbocycles. The highest BCUT2D eigenvalue weighted by molar-refractivity contribution is 5.33. The van der Waals surface area contributed by atoms with Crippen LogP contribution in [0.3, 0.4) is 0 Å². The number of hydrogen-bond acceptors (Lipinski definition) is 3. The standard InChI is InChI=1S/C16H17NO2/c1-3-10-18-16-8-5-4-7-14(16)12-17-13(2)15-9-6-11-19-15/h1,4-9,11,13,17H,10,12H2,2H3/t13-/m0/s1. The first-order valence-electron chi connectivity index (χ1n) is 6.22. The van der Waals surface area contributed by atoms with Gasteiger partial charge in [0.05, 0.1) is 12.3 Å². The largest absolute Gasteiger partial charge is 0.481 e. The van der Waals surface area contributed by atoms with Gasteiger partial charge in [-0.1, -0.05) is 24.1 Å². The van der Waals surface area contributed by atoms with Crippen molar-refractivity contribution in [1.82, 2.24) is 5.32 Å². The highest BCUT2D eigenvalue weighted by atomic mass is 16.5. The van der Waals surface area contributed by atoms with E-state index in [0.717, 1.165) is 17.1 Å². The Balaban J connectivity index is 1.97. The molecule has 2 rings (SSSR count). The summed E-state index contributed by atoms with van der Waals surface area (Å²) in [5, 5.41) is 3.39. The van der Waals surface area contributed by atoms with E-state index in [1.807, 2.05) is 36.4 Å². The van der Waals surface area contributed by atoms with Crippen molar-refractivity contribution in [2.45, 2.75) is 19.5 Å². The first kappa shape index (κ1) is 13.3. The Hall–Kier alpha value is -2.18. The second-order valence-electron chi connectivity index (χ2n) is 4.22. The number of para-hydroxylation sites is 1.